The van der Waals surface area contributed by atoms with Gasteiger partial charge in [0.25, 0.3) is 0 Å². The number of hydrogen-bond donors (Lipinski definition) is 0. The number of nitrogens with zero attached hydrogens (tertiary/aromatic N) is 3. The molecule has 0 aliphatic carbocycles. The lowest BCUT2D eigenvalue weighted by Crippen LogP contribution is -2.30. The van der Waals surface area contributed by atoms with Gasteiger partial charge >= 0.3 is 0 Å². The molecule has 3 rings (SSSR count). The number of fused-ring (bicyclic) bond motifs is 1. The molecule has 1 aliphatic rings. The Hall–Kier alpha value is -0.650. The molecule has 1 aromatic carbocycles. The first-order valence-corrected chi connectivity index (χ1v) is 8.40. The van der Waals surface area contributed by atoms with Crippen molar-refractivity contribution < 1.29 is 4.39 Å². The number of benzene rings is 1. The predicted octanol–water partition coefficient (Wildman–Crippen LogP) is 4.33. The summed E-state index contributed by atoms with van der Waals surface area (Å²) in [6, 6.07) is 3.73. The standard InChI is InChI=1S/C15H18BrClFN3/c1-9(17)15-19-13-6-11(16)12(18)7-14(13)21(15)8-10-4-3-5-20(10)2/h6-7,9-10H,3-5,8H2,1-2H3. The van der Waals surface area contributed by atoms with E-state index >= 15 is 0 Å². The van der Waals surface area contributed by atoms with Gasteiger partial charge in [0, 0.05) is 18.7 Å². The van der Waals surface area contributed by atoms with Crippen molar-refractivity contribution in [1.82, 2.24) is 14.5 Å². The number of aromatic nitrogens is 2. The average molecular weight is 375 g/mol. The van der Waals surface area contributed by atoms with Crippen molar-refractivity contribution in [3.8, 4) is 0 Å². The Morgan fingerprint density at radius 1 is 1.52 bits per heavy atom. The topological polar surface area (TPSA) is 21.1 Å². The second-order valence-electron chi connectivity index (χ2n) is 5.73. The zero-order valence-electron chi connectivity index (χ0n) is 12.1. The molecule has 0 spiro atoms. The van der Waals surface area contributed by atoms with Crippen molar-refractivity contribution in [2.45, 2.75) is 37.7 Å². The van der Waals surface area contributed by atoms with Gasteiger partial charge < -0.3 is 9.47 Å². The largest absolute Gasteiger partial charge is 0.325 e. The summed E-state index contributed by atoms with van der Waals surface area (Å²) in [5.41, 5.74) is 1.60. The number of likely N-dealkylation sites (tertiary alicyclic amines) is 1. The van der Waals surface area contributed by atoms with Crippen LogP contribution in [0, 0.1) is 5.82 Å². The normalized spacial score (nSPS) is 21.3. The van der Waals surface area contributed by atoms with Crippen molar-refractivity contribution in [3.05, 3.63) is 28.2 Å². The SMILES string of the molecule is CC(Cl)c1nc2cc(Br)c(F)cc2n1CC1CCCN1C. The molecule has 2 aromatic rings. The highest BCUT2D eigenvalue weighted by molar-refractivity contribution is 9.10. The molecule has 0 amide bonds. The van der Waals surface area contributed by atoms with E-state index in [1.807, 2.05) is 6.92 Å². The molecular formula is C15H18BrClFN3. The van der Waals surface area contributed by atoms with Gasteiger partial charge in [0.05, 0.1) is 20.9 Å². The van der Waals surface area contributed by atoms with Gasteiger partial charge in [-0.15, -0.1) is 11.6 Å². The molecule has 0 bridgehead atoms. The fourth-order valence-electron chi connectivity index (χ4n) is 3.06. The van der Waals surface area contributed by atoms with E-state index in [9.17, 15) is 4.39 Å². The Morgan fingerprint density at radius 2 is 2.29 bits per heavy atom. The molecule has 2 unspecified atom stereocenters. The van der Waals surface area contributed by atoms with Crippen molar-refractivity contribution in [2.75, 3.05) is 13.6 Å². The van der Waals surface area contributed by atoms with Crippen LogP contribution < -0.4 is 0 Å². The molecule has 1 fully saturated rings. The highest BCUT2D eigenvalue weighted by Crippen LogP contribution is 2.30. The first-order valence-electron chi connectivity index (χ1n) is 7.17. The minimum Gasteiger partial charge on any atom is -0.325 e. The van der Waals surface area contributed by atoms with E-state index in [1.54, 1.807) is 12.1 Å². The van der Waals surface area contributed by atoms with Crippen LogP contribution in [0.4, 0.5) is 4.39 Å². The van der Waals surface area contributed by atoms with E-state index in [0.29, 0.717) is 10.5 Å². The fraction of sp³-hybridized carbons (Fsp3) is 0.533. The van der Waals surface area contributed by atoms with Crippen LogP contribution >= 0.6 is 27.5 Å². The Balaban J connectivity index is 2.09. The quantitative estimate of drug-likeness (QED) is 0.746. The summed E-state index contributed by atoms with van der Waals surface area (Å²) in [7, 11) is 2.14. The van der Waals surface area contributed by atoms with Crippen LogP contribution in [-0.2, 0) is 6.54 Å². The van der Waals surface area contributed by atoms with E-state index in [1.165, 1.54) is 6.42 Å². The third-order valence-electron chi connectivity index (χ3n) is 4.24. The third-order valence-corrected chi connectivity index (χ3v) is 5.04. The maximum atomic E-state index is 13.9. The molecule has 1 aliphatic heterocycles. The molecule has 0 N–H and O–H groups in total. The number of alkyl halides is 1. The molecule has 2 atom stereocenters. The lowest BCUT2D eigenvalue weighted by molar-refractivity contribution is 0.282. The fourth-order valence-corrected chi connectivity index (χ4v) is 3.55. The van der Waals surface area contributed by atoms with E-state index in [4.69, 9.17) is 11.6 Å². The summed E-state index contributed by atoms with van der Waals surface area (Å²) >= 11 is 9.50. The summed E-state index contributed by atoms with van der Waals surface area (Å²) in [4.78, 5) is 6.95. The lowest BCUT2D eigenvalue weighted by atomic mass is 10.2. The first-order chi connectivity index (χ1) is 9.97. The molecule has 21 heavy (non-hydrogen) atoms. The van der Waals surface area contributed by atoms with E-state index < -0.39 is 0 Å². The van der Waals surface area contributed by atoms with Crippen LogP contribution in [0.15, 0.2) is 16.6 Å². The first kappa shape index (κ1) is 15.3. The summed E-state index contributed by atoms with van der Waals surface area (Å²) in [6.07, 6.45) is 2.37. The number of halogens is 3. The van der Waals surface area contributed by atoms with Crippen LogP contribution in [0.25, 0.3) is 11.0 Å². The molecule has 114 valence electrons. The van der Waals surface area contributed by atoms with Crippen molar-refractivity contribution in [1.29, 1.82) is 0 Å². The maximum absolute atomic E-state index is 13.9. The van der Waals surface area contributed by atoms with Crippen molar-refractivity contribution in [2.24, 2.45) is 0 Å². The molecule has 3 nitrogen and oxygen atoms in total. The van der Waals surface area contributed by atoms with Crippen LogP contribution in [0.3, 0.4) is 0 Å². The van der Waals surface area contributed by atoms with E-state index in [-0.39, 0.29) is 11.2 Å². The van der Waals surface area contributed by atoms with Crippen LogP contribution in [0.1, 0.15) is 31.0 Å². The smallest absolute Gasteiger partial charge is 0.139 e. The number of hydrogen-bond acceptors (Lipinski definition) is 2. The third kappa shape index (κ3) is 2.83. The molecule has 0 saturated carbocycles. The summed E-state index contributed by atoms with van der Waals surface area (Å²) in [6.45, 7) is 3.83. The van der Waals surface area contributed by atoms with Gasteiger partial charge in [-0.25, -0.2) is 9.37 Å². The van der Waals surface area contributed by atoms with Gasteiger partial charge in [0.1, 0.15) is 11.6 Å². The Bertz CT molecular complexity index is 670. The Kier molecular flexibility index (Phi) is 4.26. The average Bonchev–Trinajstić information content (AvgIpc) is 2.97. The Morgan fingerprint density at radius 3 is 2.90 bits per heavy atom. The van der Waals surface area contributed by atoms with Gasteiger partial charge in [-0.3, -0.25) is 0 Å². The van der Waals surface area contributed by atoms with Crippen LogP contribution in [0.2, 0.25) is 0 Å². The van der Waals surface area contributed by atoms with Gasteiger partial charge in [-0.05, 0) is 55.4 Å². The number of likely N-dealkylation sites (N-methyl/N-ethyl adjacent to an activating group) is 1. The highest BCUT2D eigenvalue weighted by Gasteiger charge is 2.25. The number of rotatable bonds is 3. The van der Waals surface area contributed by atoms with Crippen LogP contribution in [-0.4, -0.2) is 34.1 Å². The van der Waals surface area contributed by atoms with Crippen molar-refractivity contribution >= 4 is 38.6 Å². The van der Waals surface area contributed by atoms with Gasteiger partial charge in [-0.1, -0.05) is 0 Å². The highest BCUT2D eigenvalue weighted by atomic mass is 79.9. The lowest BCUT2D eigenvalue weighted by Gasteiger charge is -2.22. The second-order valence-corrected chi connectivity index (χ2v) is 7.24. The summed E-state index contributed by atoms with van der Waals surface area (Å²) in [5, 5.41) is -0.203. The Labute approximate surface area is 137 Å². The molecular weight excluding hydrogens is 357 g/mol. The van der Waals surface area contributed by atoms with Gasteiger partial charge in [0.2, 0.25) is 0 Å². The predicted molar refractivity (Wildman–Crippen MR) is 87.3 cm³/mol. The van der Waals surface area contributed by atoms with E-state index in [2.05, 4.69) is 37.4 Å². The number of imidazole rings is 1. The molecule has 2 heterocycles. The monoisotopic (exact) mass is 373 g/mol. The van der Waals surface area contributed by atoms with Gasteiger partial charge in [0.15, 0.2) is 0 Å². The van der Waals surface area contributed by atoms with Crippen molar-refractivity contribution in [3.63, 3.8) is 0 Å². The molecule has 1 aromatic heterocycles. The minimum absolute atomic E-state index is 0.203. The minimum atomic E-state index is -0.266. The zero-order valence-corrected chi connectivity index (χ0v) is 14.5. The maximum Gasteiger partial charge on any atom is 0.139 e. The van der Waals surface area contributed by atoms with E-state index in [0.717, 1.165) is 36.4 Å². The summed E-state index contributed by atoms with van der Waals surface area (Å²) < 4.78 is 16.4. The molecule has 0 radical (unpaired) electrons. The molecule has 6 heteroatoms. The molecule has 1 saturated heterocycles. The summed E-state index contributed by atoms with van der Waals surface area (Å²) in [5.74, 6) is 0.543. The van der Waals surface area contributed by atoms with Crippen LogP contribution in [0.5, 0.6) is 0 Å². The van der Waals surface area contributed by atoms with Gasteiger partial charge in [-0.2, -0.15) is 0 Å². The zero-order chi connectivity index (χ0) is 15.1. The second kappa shape index (κ2) is 5.86.